The Balaban J connectivity index is 2.45. The van der Waals surface area contributed by atoms with Crippen LogP contribution in [0.3, 0.4) is 0 Å². The van der Waals surface area contributed by atoms with E-state index < -0.39 is 5.97 Å². The van der Waals surface area contributed by atoms with Crippen molar-refractivity contribution in [3.8, 4) is 11.5 Å². The first kappa shape index (κ1) is 15.3. The summed E-state index contributed by atoms with van der Waals surface area (Å²) in [6.45, 7) is 0. The highest BCUT2D eigenvalue weighted by atomic mass is 127. The standard InChI is InChI=1S/C13H7I3O3/c14-7-5-9(15)12(16)11(6-7)19-10-4-2-1-3-8(10)13(17)18/h1-6H,(H,17,18). The van der Waals surface area contributed by atoms with Gasteiger partial charge in [0.25, 0.3) is 0 Å². The molecule has 0 bridgehead atoms. The maximum absolute atomic E-state index is 11.1. The van der Waals surface area contributed by atoms with Gasteiger partial charge in [0, 0.05) is 7.14 Å². The van der Waals surface area contributed by atoms with Crippen molar-refractivity contribution in [3.63, 3.8) is 0 Å². The second-order valence-corrected chi connectivity index (χ2v) is 7.09. The summed E-state index contributed by atoms with van der Waals surface area (Å²) in [5.74, 6) is 0.0299. The number of carboxylic acid groups (broad SMARTS) is 1. The maximum Gasteiger partial charge on any atom is 0.339 e. The van der Waals surface area contributed by atoms with E-state index in [1.54, 1.807) is 18.2 Å². The van der Waals surface area contributed by atoms with E-state index in [9.17, 15) is 4.79 Å². The van der Waals surface area contributed by atoms with Crippen molar-refractivity contribution < 1.29 is 14.6 Å². The number of hydrogen-bond donors (Lipinski definition) is 1. The predicted molar refractivity (Wildman–Crippen MR) is 98.1 cm³/mol. The molecule has 0 spiro atoms. The Morgan fingerprint density at radius 1 is 1.05 bits per heavy atom. The third-order valence-corrected chi connectivity index (χ3v) is 5.92. The molecule has 0 amide bonds. The summed E-state index contributed by atoms with van der Waals surface area (Å²) in [5, 5.41) is 9.14. The van der Waals surface area contributed by atoms with Crippen LogP contribution in [0.2, 0.25) is 0 Å². The third-order valence-electron chi connectivity index (χ3n) is 2.30. The average Bonchev–Trinajstić information content (AvgIpc) is 2.35. The number of para-hydroxylation sites is 1. The first-order valence-electron chi connectivity index (χ1n) is 5.13. The Hall–Kier alpha value is -0.1000. The number of benzene rings is 2. The Morgan fingerprint density at radius 3 is 2.42 bits per heavy atom. The van der Waals surface area contributed by atoms with Gasteiger partial charge >= 0.3 is 5.97 Å². The van der Waals surface area contributed by atoms with Crippen LogP contribution in [0, 0.1) is 10.7 Å². The molecule has 0 aliphatic rings. The molecule has 0 heterocycles. The van der Waals surface area contributed by atoms with Crippen molar-refractivity contribution in [2.75, 3.05) is 0 Å². The lowest BCUT2D eigenvalue weighted by molar-refractivity contribution is 0.0694. The molecule has 0 aromatic heterocycles. The molecule has 3 nitrogen and oxygen atoms in total. The van der Waals surface area contributed by atoms with Gasteiger partial charge in [0.05, 0.1) is 3.57 Å². The molecule has 0 aliphatic carbocycles. The van der Waals surface area contributed by atoms with Crippen molar-refractivity contribution in [2.45, 2.75) is 0 Å². The topological polar surface area (TPSA) is 46.5 Å². The Kier molecular flexibility index (Phi) is 5.29. The number of halogens is 3. The van der Waals surface area contributed by atoms with Crippen LogP contribution >= 0.6 is 67.8 Å². The van der Waals surface area contributed by atoms with Crippen molar-refractivity contribution >= 4 is 73.7 Å². The van der Waals surface area contributed by atoms with Gasteiger partial charge in [-0.2, -0.15) is 0 Å². The van der Waals surface area contributed by atoms with E-state index in [1.165, 1.54) is 6.07 Å². The minimum atomic E-state index is -0.995. The van der Waals surface area contributed by atoms with Crippen LogP contribution in [-0.4, -0.2) is 11.1 Å². The van der Waals surface area contributed by atoms with Crippen molar-refractivity contribution in [1.82, 2.24) is 0 Å². The van der Waals surface area contributed by atoms with Gasteiger partial charge in [-0.05, 0) is 92.0 Å². The van der Waals surface area contributed by atoms with Crippen LogP contribution in [0.1, 0.15) is 10.4 Å². The molecular weight excluding hydrogens is 585 g/mol. The van der Waals surface area contributed by atoms with E-state index in [0.717, 1.165) is 10.7 Å². The van der Waals surface area contributed by atoms with Gasteiger partial charge in [-0.15, -0.1) is 0 Å². The summed E-state index contributed by atoms with van der Waals surface area (Å²) in [6.07, 6.45) is 0. The molecule has 0 aliphatic heterocycles. The number of carboxylic acids is 1. The number of carbonyl (C=O) groups is 1. The fourth-order valence-electron chi connectivity index (χ4n) is 1.46. The summed E-state index contributed by atoms with van der Waals surface area (Å²) in [6, 6.07) is 10.6. The van der Waals surface area contributed by atoms with Gasteiger partial charge in [0.2, 0.25) is 0 Å². The summed E-state index contributed by atoms with van der Waals surface area (Å²) in [4.78, 5) is 11.1. The van der Waals surface area contributed by atoms with Crippen LogP contribution < -0.4 is 4.74 Å². The van der Waals surface area contributed by atoms with Crippen LogP contribution in [0.5, 0.6) is 11.5 Å². The lowest BCUT2D eigenvalue weighted by atomic mass is 10.2. The Morgan fingerprint density at radius 2 is 1.74 bits per heavy atom. The summed E-state index contributed by atoms with van der Waals surface area (Å²) < 4.78 is 8.86. The van der Waals surface area contributed by atoms with E-state index >= 15 is 0 Å². The smallest absolute Gasteiger partial charge is 0.339 e. The molecule has 0 radical (unpaired) electrons. The highest BCUT2D eigenvalue weighted by Gasteiger charge is 2.14. The van der Waals surface area contributed by atoms with E-state index in [2.05, 4.69) is 67.8 Å². The molecule has 0 unspecified atom stereocenters. The van der Waals surface area contributed by atoms with Gasteiger partial charge < -0.3 is 9.84 Å². The van der Waals surface area contributed by atoms with Gasteiger partial charge in [-0.25, -0.2) is 4.79 Å². The van der Waals surface area contributed by atoms with Crippen molar-refractivity contribution in [1.29, 1.82) is 0 Å². The van der Waals surface area contributed by atoms with E-state index in [-0.39, 0.29) is 5.56 Å². The molecular formula is C13H7I3O3. The molecule has 0 saturated carbocycles. The van der Waals surface area contributed by atoms with E-state index in [1.807, 2.05) is 12.1 Å². The number of hydrogen-bond acceptors (Lipinski definition) is 2. The van der Waals surface area contributed by atoms with Gasteiger partial charge in [-0.3, -0.25) is 0 Å². The van der Waals surface area contributed by atoms with Crippen LogP contribution in [0.15, 0.2) is 36.4 Å². The van der Waals surface area contributed by atoms with Crippen LogP contribution in [0.25, 0.3) is 0 Å². The van der Waals surface area contributed by atoms with Gasteiger partial charge in [-0.1, -0.05) is 12.1 Å². The Bertz CT molecular complexity index is 641. The lowest BCUT2D eigenvalue weighted by Gasteiger charge is -2.11. The molecule has 0 atom stereocenters. The number of ether oxygens (including phenoxy) is 1. The largest absolute Gasteiger partial charge is 0.478 e. The van der Waals surface area contributed by atoms with Crippen LogP contribution in [0.4, 0.5) is 0 Å². The molecule has 1 N–H and O–H groups in total. The van der Waals surface area contributed by atoms with Gasteiger partial charge in [0.1, 0.15) is 17.1 Å². The quantitative estimate of drug-likeness (QED) is 0.404. The fraction of sp³-hybridized carbons (Fsp3) is 0. The molecule has 6 heteroatoms. The molecule has 19 heavy (non-hydrogen) atoms. The fourth-order valence-corrected chi connectivity index (χ4v) is 3.67. The summed E-state index contributed by atoms with van der Waals surface area (Å²) in [5.41, 5.74) is 0.159. The third kappa shape index (κ3) is 3.72. The summed E-state index contributed by atoms with van der Waals surface area (Å²) in [7, 11) is 0. The second-order valence-electron chi connectivity index (χ2n) is 3.60. The van der Waals surface area contributed by atoms with Crippen molar-refractivity contribution in [2.24, 2.45) is 0 Å². The van der Waals surface area contributed by atoms with E-state index in [4.69, 9.17) is 9.84 Å². The minimum absolute atomic E-state index is 0.159. The first-order chi connectivity index (χ1) is 8.99. The molecule has 0 saturated heterocycles. The van der Waals surface area contributed by atoms with Crippen LogP contribution in [-0.2, 0) is 0 Å². The lowest BCUT2D eigenvalue weighted by Crippen LogP contribution is -2.00. The Labute approximate surface area is 151 Å². The first-order valence-corrected chi connectivity index (χ1v) is 8.37. The molecule has 0 fully saturated rings. The zero-order chi connectivity index (χ0) is 14.0. The molecule has 2 rings (SSSR count). The molecule has 98 valence electrons. The second kappa shape index (κ2) is 6.57. The average molecular weight is 592 g/mol. The number of aromatic carboxylic acids is 1. The SMILES string of the molecule is O=C(O)c1ccccc1Oc1cc(I)cc(I)c1I. The molecule has 2 aromatic rings. The molecule has 2 aromatic carbocycles. The zero-order valence-corrected chi connectivity index (χ0v) is 15.8. The minimum Gasteiger partial charge on any atom is -0.478 e. The highest BCUT2D eigenvalue weighted by Crippen LogP contribution is 2.33. The number of rotatable bonds is 3. The zero-order valence-electron chi connectivity index (χ0n) is 9.36. The summed E-state index contributed by atoms with van der Waals surface area (Å²) >= 11 is 6.63. The monoisotopic (exact) mass is 592 g/mol. The normalized spacial score (nSPS) is 10.3. The highest BCUT2D eigenvalue weighted by molar-refractivity contribution is 14.1. The predicted octanol–water partition coefficient (Wildman–Crippen LogP) is 4.99. The van der Waals surface area contributed by atoms with Crippen molar-refractivity contribution in [3.05, 3.63) is 52.7 Å². The van der Waals surface area contributed by atoms with E-state index in [0.29, 0.717) is 11.5 Å². The maximum atomic E-state index is 11.1. The van der Waals surface area contributed by atoms with Gasteiger partial charge in [0.15, 0.2) is 0 Å².